The number of nitrogens with zero attached hydrogens (tertiary/aromatic N) is 1. The summed E-state index contributed by atoms with van der Waals surface area (Å²) in [6.07, 6.45) is 8.77. The second kappa shape index (κ2) is 6.76. The summed E-state index contributed by atoms with van der Waals surface area (Å²) in [6, 6.07) is 7.90. The van der Waals surface area contributed by atoms with Crippen molar-refractivity contribution in [1.29, 1.82) is 0 Å². The first kappa shape index (κ1) is 14.1. The predicted molar refractivity (Wildman–Crippen MR) is 83.8 cm³/mol. The van der Waals surface area contributed by atoms with Gasteiger partial charge < -0.3 is 9.32 Å². The Morgan fingerprint density at radius 1 is 1.29 bits per heavy atom. The van der Waals surface area contributed by atoms with Crippen LogP contribution in [0.1, 0.15) is 29.9 Å². The lowest BCUT2D eigenvalue weighted by atomic mass is 9.93. The fourth-order valence-electron chi connectivity index (χ4n) is 2.67. The van der Waals surface area contributed by atoms with Crippen LogP contribution in [-0.4, -0.2) is 10.8 Å². The molecule has 0 saturated heterocycles. The maximum absolute atomic E-state index is 12.8. The van der Waals surface area contributed by atoms with Crippen molar-refractivity contribution in [2.75, 3.05) is 0 Å². The van der Waals surface area contributed by atoms with Gasteiger partial charge in [-0.05, 0) is 42.8 Å². The fraction of sp³-hybridized carbons (Fsp3) is 0.353. The molecular weight excluding hydrogens is 282 g/mol. The van der Waals surface area contributed by atoms with Crippen molar-refractivity contribution in [1.82, 2.24) is 4.90 Å². The van der Waals surface area contributed by atoms with Crippen molar-refractivity contribution >= 4 is 17.2 Å². The lowest BCUT2D eigenvalue weighted by molar-refractivity contribution is -0.137. The van der Waals surface area contributed by atoms with Crippen LogP contribution in [0.2, 0.25) is 0 Å². The minimum atomic E-state index is 0.116. The molecule has 2 heterocycles. The molecule has 0 saturated carbocycles. The van der Waals surface area contributed by atoms with E-state index in [4.69, 9.17) is 4.42 Å². The molecule has 2 aromatic rings. The molecule has 1 unspecified atom stereocenters. The number of hydrogen-bond donors (Lipinski definition) is 0. The Kier molecular flexibility index (Phi) is 4.55. The van der Waals surface area contributed by atoms with Crippen LogP contribution in [0.3, 0.4) is 0 Å². The lowest BCUT2D eigenvalue weighted by Crippen LogP contribution is -2.35. The van der Waals surface area contributed by atoms with Crippen LogP contribution in [0.15, 0.2) is 52.5 Å². The molecule has 0 bridgehead atoms. The van der Waals surface area contributed by atoms with Gasteiger partial charge in [-0.3, -0.25) is 4.79 Å². The monoisotopic (exact) mass is 301 g/mol. The Labute approximate surface area is 128 Å². The van der Waals surface area contributed by atoms with E-state index in [2.05, 4.69) is 18.2 Å². The summed E-state index contributed by atoms with van der Waals surface area (Å²) in [5, 5.41) is 2.05. The SMILES string of the molecule is O=C(C1CC=CCC1)N(Cc1ccco1)Cc1cccs1. The average molecular weight is 301 g/mol. The highest BCUT2D eigenvalue weighted by atomic mass is 32.1. The Bertz CT molecular complexity index is 550. The zero-order valence-corrected chi connectivity index (χ0v) is 12.7. The second-order valence-electron chi connectivity index (χ2n) is 5.33. The van der Waals surface area contributed by atoms with E-state index in [0.29, 0.717) is 13.1 Å². The van der Waals surface area contributed by atoms with Crippen LogP contribution < -0.4 is 0 Å². The molecule has 1 aliphatic rings. The maximum atomic E-state index is 12.8. The number of carbonyl (C=O) groups excluding carboxylic acids is 1. The third-order valence-corrected chi connectivity index (χ3v) is 4.64. The number of amides is 1. The molecule has 0 fully saturated rings. The van der Waals surface area contributed by atoms with Gasteiger partial charge in [-0.1, -0.05) is 18.2 Å². The van der Waals surface area contributed by atoms with Gasteiger partial charge in [0, 0.05) is 10.8 Å². The highest BCUT2D eigenvalue weighted by molar-refractivity contribution is 7.09. The smallest absolute Gasteiger partial charge is 0.226 e. The molecule has 1 atom stereocenters. The van der Waals surface area contributed by atoms with Crippen molar-refractivity contribution in [2.45, 2.75) is 32.4 Å². The number of thiophene rings is 1. The summed E-state index contributed by atoms with van der Waals surface area (Å²) in [6.45, 7) is 1.21. The van der Waals surface area contributed by atoms with Gasteiger partial charge in [0.25, 0.3) is 0 Å². The van der Waals surface area contributed by atoms with Crippen molar-refractivity contribution in [3.63, 3.8) is 0 Å². The average Bonchev–Trinajstić information content (AvgIpc) is 3.20. The van der Waals surface area contributed by atoms with E-state index >= 15 is 0 Å². The van der Waals surface area contributed by atoms with E-state index in [0.717, 1.165) is 25.0 Å². The first-order chi connectivity index (χ1) is 10.3. The molecular formula is C17H19NO2S. The lowest BCUT2D eigenvalue weighted by Gasteiger charge is -2.27. The summed E-state index contributed by atoms with van der Waals surface area (Å²) in [5.74, 6) is 1.19. The van der Waals surface area contributed by atoms with Gasteiger partial charge in [0.1, 0.15) is 5.76 Å². The maximum Gasteiger partial charge on any atom is 0.226 e. The van der Waals surface area contributed by atoms with Crippen LogP contribution >= 0.6 is 11.3 Å². The van der Waals surface area contributed by atoms with Gasteiger partial charge in [-0.2, -0.15) is 0 Å². The van der Waals surface area contributed by atoms with Crippen molar-refractivity contribution in [3.05, 3.63) is 58.7 Å². The summed E-state index contributed by atoms with van der Waals surface area (Å²) < 4.78 is 5.42. The molecule has 3 nitrogen and oxygen atoms in total. The van der Waals surface area contributed by atoms with Crippen LogP contribution in [0, 0.1) is 5.92 Å². The van der Waals surface area contributed by atoms with E-state index in [-0.39, 0.29) is 11.8 Å². The predicted octanol–water partition coefficient (Wildman–Crippen LogP) is 4.23. The van der Waals surface area contributed by atoms with Gasteiger partial charge >= 0.3 is 0 Å². The summed E-state index contributed by atoms with van der Waals surface area (Å²) in [5.41, 5.74) is 0. The minimum Gasteiger partial charge on any atom is -0.467 e. The fourth-order valence-corrected chi connectivity index (χ4v) is 3.39. The van der Waals surface area contributed by atoms with E-state index < -0.39 is 0 Å². The highest BCUT2D eigenvalue weighted by Crippen LogP contribution is 2.24. The largest absolute Gasteiger partial charge is 0.467 e. The van der Waals surface area contributed by atoms with E-state index in [1.807, 2.05) is 28.5 Å². The van der Waals surface area contributed by atoms with Crippen molar-refractivity contribution < 1.29 is 9.21 Å². The molecule has 0 aliphatic heterocycles. The normalized spacial score (nSPS) is 17.8. The van der Waals surface area contributed by atoms with Gasteiger partial charge in [0.2, 0.25) is 5.91 Å². The first-order valence-corrected chi connectivity index (χ1v) is 8.19. The summed E-state index contributed by atoms with van der Waals surface area (Å²) in [7, 11) is 0. The Morgan fingerprint density at radius 2 is 2.24 bits per heavy atom. The van der Waals surface area contributed by atoms with E-state index in [9.17, 15) is 4.79 Å². The molecule has 0 aromatic carbocycles. The van der Waals surface area contributed by atoms with Crippen LogP contribution in [-0.2, 0) is 17.9 Å². The Balaban J connectivity index is 1.73. The second-order valence-corrected chi connectivity index (χ2v) is 6.37. The van der Waals surface area contributed by atoms with Gasteiger partial charge in [0.05, 0.1) is 19.4 Å². The minimum absolute atomic E-state index is 0.116. The van der Waals surface area contributed by atoms with Gasteiger partial charge in [-0.25, -0.2) is 0 Å². The molecule has 1 aliphatic carbocycles. The molecule has 0 radical (unpaired) electrons. The molecule has 4 heteroatoms. The Morgan fingerprint density at radius 3 is 2.90 bits per heavy atom. The third-order valence-electron chi connectivity index (χ3n) is 3.78. The van der Waals surface area contributed by atoms with Gasteiger partial charge in [-0.15, -0.1) is 11.3 Å². The number of hydrogen-bond acceptors (Lipinski definition) is 3. The number of allylic oxidation sites excluding steroid dienone is 2. The Hall–Kier alpha value is -1.81. The van der Waals surface area contributed by atoms with Gasteiger partial charge in [0.15, 0.2) is 0 Å². The summed E-state index contributed by atoms with van der Waals surface area (Å²) >= 11 is 1.69. The van der Waals surface area contributed by atoms with Crippen LogP contribution in [0.4, 0.5) is 0 Å². The topological polar surface area (TPSA) is 33.5 Å². The number of carbonyl (C=O) groups is 1. The number of rotatable bonds is 5. The number of furan rings is 1. The van der Waals surface area contributed by atoms with E-state index in [1.165, 1.54) is 4.88 Å². The van der Waals surface area contributed by atoms with Crippen LogP contribution in [0.5, 0.6) is 0 Å². The van der Waals surface area contributed by atoms with Crippen molar-refractivity contribution in [2.24, 2.45) is 5.92 Å². The van der Waals surface area contributed by atoms with Crippen molar-refractivity contribution in [3.8, 4) is 0 Å². The third kappa shape index (κ3) is 3.64. The molecule has 2 aromatic heterocycles. The standard InChI is InChI=1S/C17H19NO2S/c19-17(14-6-2-1-3-7-14)18(12-15-8-4-10-20-15)13-16-9-5-11-21-16/h1-2,4-5,8-11,14H,3,6-7,12-13H2. The highest BCUT2D eigenvalue weighted by Gasteiger charge is 2.25. The summed E-state index contributed by atoms with van der Waals surface area (Å²) in [4.78, 5) is 15.9. The molecule has 21 heavy (non-hydrogen) atoms. The molecule has 110 valence electrons. The van der Waals surface area contributed by atoms with E-state index in [1.54, 1.807) is 17.6 Å². The molecule has 0 spiro atoms. The van der Waals surface area contributed by atoms with Crippen LogP contribution in [0.25, 0.3) is 0 Å². The first-order valence-electron chi connectivity index (χ1n) is 7.31. The molecule has 1 amide bonds. The zero-order valence-electron chi connectivity index (χ0n) is 11.9. The zero-order chi connectivity index (χ0) is 14.5. The molecule has 3 rings (SSSR count). The quantitative estimate of drug-likeness (QED) is 0.774. The molecule has 0 N–H and O–H groups in total.